The summed E-state index contributed by atoms with van der Waals surface area (Å²) in [5, 5.41) is 4.07. The van der Waals surface area contributed by atoms with Gasteiger partial charge in [-0.05, 0) is 35.4 Å². The molecule has 3 heteroatoms. The first kappa shape index (κ1) is 15.4. The van der Waals surface area contributed by atoms with Gasteiger partial charge in [-0.3, -0.25) is 0 Å². The van der Waals surface area contributed by atoms with Crippen LogP contribution in [0.2, 0.25) is 5.02 Å². The highest BCUT2D eigenvalue weighted by molar-refractivity contribution is 6.33. The van der Waals surface area contributed by atoms with Crippen molar-refractivity contribution in [2.75, 3.05) is 5.32 Å². The maximum absolute atomic E-state index is 6.15. The lowest BCUT2D eigenvalue weighted by Crippen LogP contribution is -2.01. The van der Waals surface area contributed by atoms with E-state index in [1.807, 2.05) is 60.7 Å². The summed E-state index contributed by atoms with van der Waals surface area (Å²) in [6.45, 7) is 1.27. The highest BCUT2D eigenvalue weighted by Crippen LogP contribution is 2.22. The van der Waals surface area contributed by atoms with E-state index in [2.05, 4.69) is 23.5 Å². The molecule has 3 aromatic rings. The fraction of sp³-hybridized carbons (Fsp3) is 0.100. The summed E-state index contributed by atoms with van der Waals surface area (Å²) >= 11 is 6.15. The van der Waals surface area contributed by atoms with Crippen LogP contribution in [0.3, 0.4) is 0 Å². The average molecular weight is 324 g/mol. The van der Waals surface area contributed by atoms with E-state index < -0.39 is 0 Å². The minimum Gasteiger partial charge on any atom is -0.489 e. The van der Waals surface area contributed by atoms with Gasteiger partial charge >= 0.3 is 0 Å². The van der Waals surface area contributed by atoms with Gasteiger partial charge in [0.15, 0.2) is 0 Å². The minimum atomic E-state index is 0.572. The van der Waals surface area contributed by atoms with Crippen molar-refractivity contribution in [2.45, 2.75) is 13.2 Å². The van der Waals surface area contributed by atoms with Crippen LogP contribution in [0.25, 0.3) is 0 Å². The molecular weight excluding hydrogens is 306 g/mol. The minimum absolute atomic E-state index is 0.572. The number of para-hydroxylation sites is 1. The third-order valence-corrected chi connectivity index (χ3v) is 3.83. The Kier molecular flexibility index (Phi) is 5.17. The number of ether oxygens (including phenoxy) is 1. The average Bonchev–Trinajstić information content (AvgIpc) is 2.61. The van der Waals surface area contributed by atoms with Crippen molar-refractivity contribution in [3.05, 3.63) is 95.0 Å². The molecule has 0 saturated heterocycles. The molecule has 0 atom stereocenters. The molecule has 0 radical (unpaired) electrons. The molecular formula is C20H18ClNO. The topological polar surface area (TPSA) is 21.3 Å². The van der Waals surface area contributed by atoms with E-state index in [1.165, 1.54) is 0 Å². The molecule has 0 unspecified atom stereocenters. The van der Waals surface area contributed by atoms with Crippen molar-refractivity contribution in [1.29, 1.82) is 0 Å². The molecule has 0 spiro atoms. The highest BCUT2D eigenvalue weighted by Gasteiger charge is 2.01. The van der Waals surface area contributed by atoms with Gasteiger partial charge in [0.25, 0.3) is 0 Å². The molecule has 116 valence electrons. The first-order valence-corrected chi connectivity index (χ1v) is 7.93. The number of halogens is 1. The van der Waals surface area contributed by atoms with E-state index in [0.29, 0.717) is 13.2 Å². The highest BCUT2D eigenvalue weighted by atomic mass is 35.5. The van der Waals surface area contributed by atoms with Crippen LogP contribution in [0.1, 0.15) is 11.1 Å². The second-order valence-corrected chi connectivity index (χ2v) is 5.66. The molecule has 0 heterocycles. The molecule has 0 bridgehead atoms. The molecule has 3 aromatic carbocycles. The van der Waals surface area contributed by atoms with E-state index in [0.717, 1.165) is 27.6 Å². The zero-order valence-corrected chi connectivity index (χ0v) is 13.5. The van der Waals surface area contributed by atoms with Gasteiger partial charge in [0.05, 0.1) is 10.7 Å². The van der Waals surface area contributed by atoms with Crippen molar-refractivity contribution in [1.82, 2.24) is 0 Å². The van der Waals surface area contributed by atoms with E-state index in [4.69, 9.17) is 16.3 Å². The molecule has 0 aliphatic rings. The van der Waals surface area contributed by atoms with Gasteiger partial charge < -0.3 is 10.1 Å². The Morgan fingerprint density at radius 1 is 0.783 bits per heavy atom. The molecule has 23 heavy (non-hydrogen) atoms. The molecule has 3 rings (SSSR count). The van der Waals surface area contributed by atoms with Gasteiger partial charge in [-0.1, -0.05) is 66.2 Å². The number of anilines is 1. The van der Waals surface area contributed by atoms with Crippen molar-refractivity contribution in [2.24, 2.45) is 0 Å². The fourth-order valence-corrected chi connectivity index (χ4v) is 2.49. The maximum Gasteiger partial charge on any atom is 0.120 e. The molecule has 0 fully saturated rings. The summed E-state index contributed by atoms with van der Waals surface area (Å²) in [4.78, 5) is 0. The monoisotopic (exact) mass is 323 g/mol. The SMILES string of the molecule is Clc1ccccc1NCc1cccc(OCc2ccccc2)c1. The Morgan fingerprint density at radius 3 is 2.35 bits per heavy atom. The summed E-state index contributed by atoms with van der Waals surface area (Å²) in [5.74, 6) is 0.868. The van der Waals surface area contributed by atoms with Crippen LogP contribution in [0.4, 0.5) is 5.69 Å². The molecule has 0 aromatic heterocycles. The lowest BCUT2D eigenvalue weighted by molar-refractivity contribution is 0.306. The predicted molar refractivity (Wildman–Crippen MR) is 96.0 cm³/mol. The van der Waals surface area contributed by atoms with Crippen LogP contribution in [-0.2, 0) is 13.2 Å². The summed E-state index contributed by atoms with van der Waals surface area (Å²) in [6.07, 6.45) is 0. The van der Waals surface area contributed by atoms with Gasteiger partial charge in [-0.25, -0.2) is 0 Å². The second-order valence-electron chi connectivity index (χ2n) is 5.26. The van der Waals surface area contributed by atoms with Crippen LogP contribution in [0.15, 0.2) is 78.9 Å². The Morgan fingerprint density at radius 2 is 1.52 bits per heavy atom. The van der Waals surface area contributed by atoms with Crippen molar-refractivity contribution in [3.63, 3.8) is 0 Å². The van der Waals surface area contributed by atoms with Gasteiger partial charge in [0.1, 0.15) is 12.4 Å². The lowest BCUT2D eigenvalue weighted by Gasteiger charge is -2.10. The summed E-state index contributed by atoms with van der Waals surface area (Å²) in [7, 11) is 0. The Balaban J connectivity index is 1.60. The number of benzene rings is 3. The normalized spacial score (nSPS) is 10.3. The lowest BCUT2D eigenvalue weighted by atomic mass is 10.2. The van der Waals surface area contributed by atoms with E-state index in [9.17, 15) is 0 Å². The predicted octanol–water partition coefficient (Wildman–Crippen LogP) is 5.53. The number of hydrogen-bond donors (Lipinski definition) is 1. The van der Waals surface area contributed by atoms with E-state index in [1.54, 1.807) is 0 Å². The molecule has 0 aliphatic heterocycles. The standard InChI is InChI=1S/C20H18ClNO/c21-19-11-4-5-12-20(19)22-14-17-9-6-10-18(13-17)23-15-16-7-2-1-3-8-16/h1-13,22H,14-15H2. The Labute approximate surface area is 141 Å². The number of hydrogen-bond acceptors (Lipinski definition) is 2. The van der Waals surface area contributed by atoms with Crippen LogP contribution < -0.4 is 10.1 Å². The van der Waals surface area contributed by atoms with Crippen LogP contribution in [-0.4, -0.2) is 0 Å². The van der Waals surface area contributed by atoms with Gasteiger partial charge in [-0.15, -0.1) is 0 Å². The molecule has 0 aliphatic carbocycles. The van der Waals surface area contributed by atoms with Crippen LogP contribution in [0, 0.1) is 0 Å². The molecule has 0 amide bonds. The molecule has 0 saturated carbocycles. The molecule has 1 N–H and O–H groups in total. The number of nitrogens with one attached hydrogen (secondary N) is 1. The van der Waals surface area contributed by atoms with E-state index in [-0.39, 0.29) is 0 Å². The zero-order valence-electron chi connectivity index (χ0n) is 12.7. The number of rotatable bonds is 6. The second kappa shape index (κ2) is 7.70. The van der Waals surface area contributed by atoms with Crippen molar-refractivity contribution < 1.29 is 4.74 Å². The zero-order chi connectivity index (χ0) is 15.9. The summed E-state index contributed by atoms with van der Waals surface area (Å²) in [5.41, 5.74) is 3.24. The van der Waals surface area contributed by atoms with Crippen molar-refractivity contribution >= 4 is 17.3 Å². The molecule has 2 nitrogen and oxygen atoms in total. The van der Waals surface area contributed by atoms with Gasteiger partial charge in [-0.2, -0.15) is 0 Å². The van der Waals surface area contributed by atoms with E-state index >= 15 is 0 Å². The van der Waals surface area contributed by atoms with Crippen LogP contribution >= 0.6 is 11.6 Å². The third-order valence-electron chi connectivity index (χ3n) is 3.50. The first-order chi connectivity index (χ1) is 11.3. The fourth-order valence-electron chi connectivity index (χ4n) is 2.29. The maximum atomic E-state index is 6.15. The quantitative estimate of drug-likeness (QED) is 0.644. The smallest absolute Gasteiger partial charge is 0.120 e. The van der Waals surface area contributed by atoms with Gasteiger partial charge in [0, 0.05) is 6.54 Å². The third kappa shape index (κ3) is 4.51. The Hall–Kier alpha value is -2.45. The Bertz CT molecular complexity index is 758. The van der Waals surface area contributed by atoms with Crippen LogP contribution in [0.5, 0.6) is 5.75 Å². The van der Waals surface area contributed by atoms with Crippen molar-refractivity contribution in [3.8, 4) is 5.75 Å². The largest absolute Gasteiger partial charge is 0.489 e. The summed E-state index contributed by atoms with van der Waals surface area (Å²) in [6, 6.07) is 26.0. The summed E-state index contributed by atoms with van der Waals surface area (Å²) < 4.78 is 5.85. The van der Waals surface area contributed by atoms with Gasteiger partial charge in [0.2, 0.25) is 0 Å². The first-order valence-electron chi connectivity index (χ1n) is 7.55.